The number of halogens is 1. The number of benzene rings is 3. The topological polar surface area (TPSA) is 96.5 Å². The van der Waals surface area contributed by atoms with Crippen LogP contribution in [-0.2, 0) is 16.4 Å². The highest BCUT2D eigenvalue weighted by molar-refractivity contribution is 9.10. The van der Waals surface area contributed by atoms with Crippen LogP contribution in [0.2, 0.25) is 0 Å². The second kappa shape index (κ2) is 12.3. The zero-order chi connectivity index (χ0) is 25.4. The molecule has 7 nitrogen and oxygen atoms in total. The lowest BCUT2D eigenvalue weighted by Crippen LogP contribution is -2.34. The summed E-state index contributed by atoms with van der Waals surface area (Å²) in [5, 5.41) is 5.58. The van der Waals surface area contributed by atoms with E-state index in [1.54, 1.807) is 30.3 Å². The van der Waals surface area contributed by atoms with Crippen LogP contribution in [0.15, 0.2) is 82.2 Å². The standard InChI is InChI=1S/C25H26BrN3O4S2/c1-17(2)33-23-13-8-19(16-22(23)26)24(30)29-25(34)28-20-9-11-21(12-10-20)35(31,32)27-15-14-18-6-4-3-5-7-18/h3-13,16-17,27H,14-15H2,1-2H3,(H2,28,29,30,34). The van der Waals surface area contributed by atoms with Crippen LogP contribution in [0.4, 0.5) is 5.69 Å². The van der Waals surface area contributed by atoms with E-state index in [1.165, 1.54) is 12.1 Å². The Bertz CT molecular complexity index is 1280. The number of carbonyl (C=O) groups excluding carboxylic acids is 1. The molecule has 0 heterocycles. The van der Waals surface area contributed by atoms with Crippen LogP contribution in [0.3, 0.4) is 0 Å². The van der Waals surface area contributed by atoms with Crippen LogP contribution in [-0.4, -0.2) is 32.1 Å². The first kappa shape index (κ1) is 26.8. The summed E-state index contributed by atoms with van der Waals surface area (Å²) in [6, 6.07) is 20.8. The molecule has 0 atom stereocenters. The van der Waals surface area contributed by atoms with Gasteiger partial charge in [-0.3, -0.25) is 10.1 Å². The lowest BCUT2D eigenvalue weighted by molar-refractivity contribution is 0.0977. The van der Waals surface area contributed by atoms with Gasteiger partial charge in [0, 0.05) is 17.8 Å². The zero-order valence-corrected chi connectivity index (χ0v) is 22.5. The molecule has 10 heteroatoms. The normalized spacial score (nSPS) is 11.2. The SMILES string of the molecule is CC(C)Oc1ccc(C(=O)NC(=S)Nc2ccc(S(=O)(=O)NCCc3ccccc3)cc2)cc1Br. The molecule has 0 saturated carbocycles. The Balaban J connectivity index is 1.53. The van der Waals surface area contributed by atoms with Gasteiger partial charge in [-0.05, 0) is 96.4 Å². The number of anilines is 1. The van der Waals surface area contributed by atoms with Crippen LogP contribution in [0.5, 0.6) is 5.75 Å². The van der Waals surface area contributed by atoms with Crippen molar-refractivity contribution in [1.29, 1.82) is 0 Å². The number of amides is 1. The van der Waals surface area contributed by atoms with E-state index in [-0.39, 0.29) is 22.0 Å². The van der Waals surface area contributed by atoms with Gasteiger partial charge in [-0.25, -0.2) is 13.1 Å². The molecule has 184 valence electrons. The molecule has 0 spiro atoms. The number of hydrogen-bond acceptors (Lipinski definition) is 5. The zero-order valence-electron chi connectivity index (χ0n) is 19.2. The largest absolute Gasteiger partial charge is 0.490 e. The van der Waals surface area contributed by atoms with Gasteiger partial charge in [-0.1, -0.05) is 30.3 Å². The smallest absolute Gasteiger partial charge is 0.257 e. The molecule has 3 N–H and O–H groups in total. The van der Waals surface area contributed by atoms with E-state index in [0.717, 1.165) is 5.56 Å². The van der Waals surface area contributed by atoms with E-state index < -0.39 is 10.0 Å². The third kappa shape index (κ3) is 8.14. The lowest BCUT2D eigenvalue weighted by Gasteiger charge is -2.13. The number of rotatable bonds is 9. The van der Waals surface area contributed by atoms with Crippen LogP contribution in [0, 0.1) is 0 Å². The van der Waals surface area contributed by atoms with Crippen molar-refractivity contribution in [1.82, 2.24) is 10.0 Å². The maximum absolute atomic E-state index is 12.5. The minimum atomic E-state index is -3.64. The lowest BCUT2D eigenvalue weighted by atomic mass is 10.2. The molecular weight excluding hydrogens is 550 g/mol. The molecule has 0 aliphatic carbocycles. The number of nitrogens with one attached hydrogen (secondary N) is 3. The number of carbonyl (C=O) groups is 1. The Hall–Kier alpha value is -2.79. The predicted octanol–water partition coefficient (Wildman–Crippen LogP) is 4.88. The van der Waals surface area contributed by atoms with Crippen molar-refractivity contribution in [2.45, 2.75) is 31.3 Å². The fraction of sp³-hybridized carbons (Fsp3) is 0.200. The number of thiocarbonyl (C=S) groups is 1. The van der Waals surface area contributed by atoms with Gasteiger partial charge in [0.15, 0.2) is 5.11 Å². The van der Waals surface area contributed by atoms with Crippen LogP contribution < -0.4 is 20.1 Å². The number of hydrogen-bond donors (Lipinski definition) is 3. The molecule has 3 rings (SSSR count). The quantitative estimate of drug-likeness (QED) is 0.314. The van der Waals surface area contributed by atoms with E-state index in [2.05, 4.69) is 31.3 Å². The van der Waals surface area contributed by atoms with Crippen molar-refractivity contribution in [2.24, 2.45) is 0 Å². The maximum Gasteiger partial charge on any atom is 0.257 e. The van der Waals surface area contributed by atoms with Gasteiger partial charge < -0.3 is 10.1 Å². The molecule has 0 bridgehead atoms. The van der Waals surface area contributed by atoms with Crippen LogP contribution in [0.25, 0.3) is 0 Å². The van der Waals surface area contributed by atoms with Crippen molar-refractivity contribution in [2.75, 3.05) is 11.9 Å². The minimum Gasteiger partial charge on any atom is -0.490 e. The first-order chi connectivity index (χ1) is 16.6. The van der Waals surface area contributed by atoms with Crippen LogP contribution in [0.1, 0.15) is 29.8 Å². The third-order valence-corrected chi connectivity index (χ3v) is 7.06. The molecule has 0 saturated heterocycles. The van der Waals surface area contributed by atoms with Gasteiger partial charge in [0.25, 0.3) is 5.91 Å². The first-order valence-corrected chi connectivity index (χ1v) is 13.5. The number of sulfonamides is 1. The molecule has 0 aliphatic rings. The highest BCUT2D eigenvalue weighted by Gasteiger charge is 2.14. The highest BCUT2D eigenvalue weighted by atomic mass is 79.9. The van der Waals surface area contributed by atoms with Gasteiger partial charge in [0.1, 0.15) is 5.75 Å². The van der Waals surface area contributed by atoms with E-state index in [0.29, 0.717) is 34.4 Å². The first-order valence-electron chi connectivity index (χ1n) is 10.9. The van der Waals surface area contributed by atoms with Gasteiger partial charge in [0.05, 0.1) is 15.5 Å². The fourth-order valence-electron chi connectivity index (χ4n) is 3.10. The van der Waals surface area contributed by atoms with Gasteiger partial charge in [0.2, 0.25) is 10.0 Å². The van der Waals surface area contributed by atoms with E-state index in [9.17, 15) is 13.2 Å². The summed E-state index contributed by atoms with van der Waals surface area (Å²) in [6.45, 7) is 4.13. The molecule has 0 unspecified atom stereocenters. The van der Waals surface area contributed by atoms with Crippen molar-refractivity contribution in [3.8, 4) is 5.75 Å². The molecule has 0 radical (unpaired) electrons. The molecule has 3 aromatic rings. The average molecular weight is 577 g/mol. The molecule has 35 heavy (non-hydrogen) atoms. The summed E-state index contributed by atoms with van der Waals surface area (Å²) in [4.78, 5) is 12.7. The Labute approximate surface area is 219 Å². The third-order valence-electron chi connectivity index (χ3n) is 4.75. The summed E-state index contributed by atoms with van der Waals surface area (Å²) in [7, 11) is -3.64. The van der Waals surface area contributed by atoms with Crippen molar-refractivity contribution >= 4 is 54.9 Å². The summed E-state index contributed by atoms with van der Waals surface area (Å²) in [5.74, 6) is 0.253. The highest BCUT2D eigenvalue weighted by Crippen LogP contribution is 2.27. The molecule has 1 amide bonds. The average Bonchev–Trinajstić information content (AvgIpc) is 2.81. The van der Waals surface area contributed by atoms with E-state index in [1.807, 2.05) is 44.2 Å². The fourth-order valence-corrected chi connectivity index (χ4v) is 4.82. The molecular formula is C25H26BrN3O4S2. The second-order valence-corrected chi connectivity index (χ2v) is 10.9. The summed E-state index contributed by atoms with van der Waals surface area (Å²) in [5.41, 5.74) is 2.00. The monoisotopic (exact) mass is 575 g/mol. The van der Waals surface area contributed by atoms with Gasteiger partial charge in [-0.2, -0.15) is 0 Å². The minimum absolute atomic E-state index is 0.00852. The summed E-state index contributed by atoms with van der Waals surface area (Å²) < 4.78 is 34.0. The molecule has 0 aromatic heterocycles. The van der Waals surface area contributed by atoms with Crippen molar-refractivity contribution in [3.05, 3.63) is 88.4 Å². The Kier molecular flexibility index (Phi) is 9.39. The maximum atomic E-state index is 12.5. The summed E-state index contributed by atoms with van der Waals surface area (Å²) in [6.07, 6.45) is 0.603. The van der Waals surface area contributed by atoms with Crippen LogP contribution >= 0.6 is 28.1 Å². The Morgan fingerprint density at radius 2 is 1.71 bits per heavy atom. The second-order valence-electron chi connectivity index (χ2n) is 7.88. The summed E-state index contributed by atoms with van der Waals surface area (Å²) >= 11 is 8.63. The predicted molar refractivity (Wildman–Crippen MR) is 145 cm³/mol. The van der Waals surface area contributed by atoms with Crippen molar-refractivity contribution < 1.29 is 17.9 Å². The molecule has 3 aromatic carbocycles. The molecule has 0 aliphatic heterocycles. The van der Waals surface area contributed by atoms with Gasteiger partial charge >= 0.3 is 0 Å². The van der Waals surface area contributed by atoms with E-state index >= 15 is 0 Å². The van der Waals surface area contributed by atoms with E-state index in [4.69, 9.17) is 17.0 Å². The van der Waals surface area contributed by atoms with Crippen molar-refractivity contribution in [3.63, 3.8) is 0 Å². The molecule has 0 fully saturated rings. The Morgan fingerprint density at radius 1 is 1.03 bits per heavy atom. The number of ether oxygens (including phenoxy) is 1. The van der Waals surface area contributed by atoms with Gasteiger partial charge in [-0.15, -0.1) is 0 Å². The Morgan fingerprint density at radius 3 is 2.34 bits per heavy atom.